The fraction of sp³-hybridized carbons (Fsp3) is 0.333. The van der Waals surface area contributed by atoms with Gasteiger partial charge in [0.05, 0.1) is 42.2 Å². The van der Waals surface area contributed by atoms with Crippen molar-refractivity contribution in [1.29, 1.82) is 0 Å². The molecule has 4 aromatic carbocycles. The van der Waals surface area contributed by atoms with Gasteiger partial charge in [-0.25, -0.2) is 0 Å². The Bertz CT molecular complexity index is 2910. The van der Waals surface area contributed by atoms with Crippen molar-refractivity contribution in [3.63, 3.8) is 0 Å². The largest absolute Gasteiger partial charge is 0.468 e. The third-order valence-corrected chi connectivity index (χ3v) is 13.9. The number of pyridine rings is 2. The van der Waals surface area contributed by atoms with Crippen LogP contribution in [0, 0.1) is 0 Å². The number of aliphatic hydroxyl groups is 1. The molecule has 2 aliphatic rings. The van der Waals surface area contributed by atoms with Crippen LogP contribution < -0.4 is 5.32 Å². The van der Waals surface area contributed by atoms with E-state index in [0.29, 0.717) is 18.8 Å². The number of furan rings is 2. The van der Waals surface area contributed by atoms with Gasteiger partial charge in [0.1, 0.15) is 18.1 Å². The van der Waals surface area contributed by atoms with Crippen LogP contribution in [0.1, 0.15) is 94.3 Å². The predicted molar refractivity (Wildman–Crippen MR) is 289 cm³/mol. The van der Waals surface area contributed by atoms with Crippen molar-refractivity contribution in [2.75, 3.05) is 78.5 Å². The van der Waals surface area contributed by atoms with Crippen LogP contribution in [-0.4, -0.2) is 130 Å². The van der Waals surface area contributed by atoms with E-state index in [2.05, 4.69) is 92.8 Å². The van der Waals surface area contributed by atoms with Gasteiger partial charge in [-0.15, -0.1) is 0 Å². The fourth-order valence-electron chi connectivity index (χ4n) is 10.0. The summed E-state index contributed by atoms with van der Waals surface area (Å²) in [6, 6.07) is 45.1. The zero-order valence-corrected chi connectivity index (χ0v) is 42.8. The number of para-hydroxylation sites is 2. The van der Waals surface area contributed by atoms with E-state index in [4.69, 9.17) is 23.9 Å². The molecule has 2 saturated heterocycles. The minimum Gasteiger partial charge on any atom is -0.468 e. The van der Waals surface area contributed by atoms with Crippen LogP contribution in [0.2, 0.25) is 0 Å². The van der Waals surface area contributed by atoms with Crippen LogP contribution in [0.3, 0.4) is 0 Å². The van der Waals surface area contributed by atoms with Crippen molar-refractivity contribution in [2.45, 2.75) is 52.9 Å². The molecule has 380 valence electrons. The zero-order valence-electron chi connectivity index (χ0n) is 42.8. The molecule has 13 heteroatoms. The molecule has 2 N–H and O–H groups in total. The lowest BCUT2D eigenvalue weighted by Crippen LogP contribution is -2.47. The maximum absolute atomic E-state index is 12.9. The van der Waals surface area contributed by atoms with E-state index in [1.807, 2.05) is 98.4 Å². The summed E-state index contributed by atoms with van der Waals surface area (Å²) in [6.45, 7) is 19.5. The number of hydrogen-bond donors (Lipinski definition) is 2. The lowest BCUT2D eigenvalue weighted by Gasteiger charge is -2.39. The van der Waals surface area contributed by atoms with Gasteiger partial charge in [0.15, 0.2) is 0 Å². The van der Waals surface area contributed by atoms with E-state index in [1.54, 1.807) is 18.4 Å². The Morgan fingerprint density at radius 3 is 1.40 bits per heavy atom. The quantitative estimate of drug-likeness (QED) is 0.102. The lowest BCUT2D eigenvalue weighted by atomic mass is 9.93. The second-order valence-corrected chi connectivity index (χ2v) is 18.3. The number of nitrogens with zero attached hydrogens (tertiary/aromatic N) is 7. The van der Waals surface area contributed by atoms with Gasteiger partial charge < -0.3 is 29.1 Å². The van der Waals surface area contributed by atoms with Gasteiger partial charge in [0.2, 0.25) is 0 Å². The number of benzene rings is 4. The van der Waals surface area contributed by atoms with Crippen LogP contribution in [0.15, 0.2) is 167 Å². The number of aliphatic hydroxyl groups excluding tert-OH is 1. The molecule has 0 radical (unpaired) electrons. The Morgan fingerprint density at radius 1 is 0.548 bits per heavy atom. The highest BCUT2D eigenvalue weighted by Crippen LogP contribution is 2.35. The number of rotatable bonds is 15. The van der Waals surface area contributed by atoms with E-state index >= 15 is 0 Å². The van der Waals surface area contributed by atoms with Gasteiger partial charge >= 0.3 is 0 Å². The highest BCUT2D eigenvalue weighted by Gasteiger charge is 2.30. The van der Waals surface area contributed by atoms with Gasteiger partial charge in [0.25, 0.3) is 11.8 Å². The number of amides is 2. The van der Waals surface area contributed by atoms with Gasteiger partial charge in [-0.2, -0.15) is 0 Å². The van der Waals surface area contributed by atoms with Crippen molar-refractivity contribution >= 4 is 33.6 Å². The van der Waals surface area contributed by atoms with Gasteiger partial charge in [-0.3, -0.25) is 34.3 Å². The topological polar surface area (TPSA) is 135 Å². The number of aromatic nitrogens is 2. The first-order valence-corrected chi connectivity index (χ1v) is 25.9. The standard InChI is InChI=1S/C30H34N4O2.C25H30N4O.C5H6O2/c1-3-33(4-2)30(35)25-14-12-24(13-15-25)29(27-11-5-8-23-9-6-16-31-28(23)27)34-19-17-32(18-20-34)22-26-10-7-21-36-26;1-3-28(4-2)25(30)21-12-10-20(11-13-21)24(29-17-15-26-16-18-29)22-9-5-7-19-8-6-14-27-23(19)22;6-4-5-2-1-3-7-5/h5-16,21,29H,3-4,17-20,22H2,1-2H3;5-14,24,26H,3-4,15-18H2,1-2H3;1-3,6H,4H2. The Labute approximate surface area is 430 Å². The first-order chi connectivity index (χ1) is 35.8. The Hall–Kier alpha value is -7.00. The van der Waals surface area contributed by atoms with Crippen molar-refractivity contribution in [3.05, 3.63) is 203 Å². The third kappa shape index (κ3) is 13.0. The molecule has 2 unspecified atom stereocenters. The van der Waals surface area contributed by atoms with Gasteiger partial charge in [-0.1, -0.05) is 72.8 Å². The van der Waals surface area contributed by atoms with Crippen molar-refractivity contribution in [1.82, 2.24) is 39.8 Å². The molecule has 0 aliphatic carbocycles. The normalized spacial score (nSPS) is 15.1. The average Bonchev–Trinajstić information content (AvgIpc) is 4.19. The number of carbonyl (C=O) groups excluding carboxylic acids is 2. The molecule has 0 bridgehead atoms. The molecule has 13 nitrogen and oxygen atoms in total. The Balaban J connectivity index is 0.000000174. The second kappa shape index (κ2) is 26.1. The monoisotopic (exact) mass is 983 g/mol. The van der Waals surface area contributed by atoms with E-state index in [9.17, 15) is 9.59 Å². The summed E-state index contributed by atoms with van der Waals surface area (Å²) < 4.78 is 10.3. The van der Waals surface area contributed by atoms with Crippen LogP contribution >= 0.6 is 0 Å². The number of nitrogens with one attached hydrogen (secondary N) is 1. The molecule has 2 amide bonds. The summed E-state index contributed by atoms with van der Waals surface area (Å²) in [4.78, 5) is 46.3. The first-order valence-electron chi connectivity index (χ1n) is 25.9. The summed E-state index contributed by atoms with van der Waals surface area (Å²) >= 11 is 0. The minimum absolute atomic E-state index is 0.00694. The number of hydrogen-bond acceptors (Lipinski definition) is 11. The van der Waals surface area contributed by atoms with E-state index < -0.39 is 0 Å². The highest BCUT2D eigenvalue weighted by molar-refractivity contribution is 5.95. The summed E-state index contributed by atoms with van der Waals surface area (Å²) in [5, 5.41) is 14.1. The Morgan fingerprint density at radius 2 is 0.986 bits per heavy atom. The fourth-order valence-corrected chi connectivity index (χ4v) is 10.0. The maximum atomic E-state index is 12.9. The molecule has 2 atom stereocenters. The average molecular weight is 983 g/mol. The smallest absolute Gasteiger partial charge is 0.253 e. The minimum atomic E-state index is -0.00694. The molecule has 0 saturated carbocycles. The van der Waals surface area contributed by atoms with Crippen molar-refractivity contribution in [3.8, 4) is 0 Å². The third-order valence-electron chi connectivity index (χ3n) is 13.9. The molecule has 6 heterocycles. The van der Waals surface area contributed by atoms with Crippen LogP contribution in [0.4, 0.5) is 0 Å². The van der Waals surface area contributed by atoms with Crippen molar-refractivity contribution < 1.29 is 23.5 Å². The Kier molecular flexibility index (Phi) is 18.7. The van der Waals surface area contributed by atoms with E-state index in [1.165, 1.54) is 28.5 Å². The molecule has 2 fully saturated rings. The lowest BCUT2D eigenvalue weighted by molar-refractivity contribution is 0.0765. The van der Waals surface area contributed by atoms with Gasteiger partial charge in [0, 0.05) is 124 Å². The van der Waals surface area contributed by atoms with Crippen molar-refractivity contribution in [2.24, 2.45) is 0 Å². The predicted octanol–water partition coefficient (Wildman–Crippen LogP) is 9.70. The van der Waals surface area contributed by atoms with Gasteiger partial charge in [-0.05, 0) is 99.5 Å². The SMILES string of the molecule is CCN(CC)C(=O)c1ccc(C(c2cccc3cccnc23)N2CCN(Cc3ccco3)CC2)cc1.CCN(CC)C(=O)c1ccc(C(c2cccc3cccnc23)N2CCNCC2)cc1.OCc1ccco1. The first kappa shape index (κ1) is 52.3. The summed E-state index contributed by atoms with van der Waals surface area (Å²) in [5.41, 5.74) is 8.37. The van der Waals surface area contributed by atoms with Crippen LogP contribution in [0.25, 0.3) is 21.8 Å². The maximum Gasteiger partial charge on any atom is 0.253 e. The molecular formula is C60H70N8O5. The second-order valence-electron chi connectivity index (χ2n) is 18.3. The molecule has 4 aromatic heterocycles. The number of fused-ring (bicyclic) bond motifs is 2. The summed E-state index contributed by atoms with van der Waals surface area (Å²) in [6.07, 6.45) is 7.01. The molecule has 8 aromatic rings. The highest BCUT2D eigenvalue weighted by atomic mass is 16.4. The molecule has 73 heavy (non-hydrogen) atoms. The zero-order chi connectivity index (χ0) is 50.9. The van der Waals surface area contributed by atoms with E-state index in [-0.39, 0.29) is 30.5 Å². The van der Waals surface area contributed by atoms with Crippen LogP contribution in [0.5, 0.6) is 0 Å². The summed E-state index contributed by atoms with van der Waals surface area (Å²) in [5.74, 6) is 1.80. The van der Waals surface area contributed by atoms with Crippen LogP contribution in [-0.2, 0) is 13.2 Å². The number of carbonyl (C=O) groups is 2. The summed E-state index contributed by atoms with van der Waals surface area (Å²) in [7, 11) is 0. The molecule has 0 spiro atoms. The number of piperazine rings is 2. The molecular weight excluding hydrogens is 913 g/mol. The molecule has 2 aliphatic heterocycles. The van der Waals surface area contributed by atoms with E-state index in [0.717, 1.165) is 111 Å². The molecule has 10 rings (SSSR count).